The topological polar surface area (TPSA) is 59.1 Å². The summed E-state index contributed by atoms with van der Waals surface area (Å²) >= 11 is 0. The van der Waals surface area contributed by atoms with Gasteiger partial charge in [-0.1, -0.05) is 6.92 Å². The van der Waals surface area contributed by atoms with E-state index in [0.717, 1.165) is 6.42 Å². The normalized spacial score (nSPS) is 17.6. The highest BCUT2D eigenvalue weighted by Crippen LogP contribution is 2.30. The van der Waals surface area contributed by atoms with Crippen LogP contribution in [0.5, 0.6) is 11.5 Å². The van der Waals surface area contributed by atoms with Crippen molar-refractivity contribution in [1.82, 2.24) is 9.80 Å². The Kier molecular flexibility index (Phi) is 4.69. The summed E-state index contributed by atoms with van der Waals surface area (Å²) in [7, 11) is 0. The van der Waals surface area contributed by atoms with Crippen molar-refractivity contribution in [1.29, 1.82) is 0 Å². The van der Waals surface area contributed by atoms with Gasteiger partial charge in [-0.15, -0.1) is 0 Å². The van der Waals surface area contributed by atoms with E-state index >= 15 is 0 Å². The SMILES string of the molecule is CCC(=O)N1CCN(C(=O)c2ccc3c(c2)OCCCO3)CC1. The smallest absolute Gasteiger partial charge is 0.254 e. The standard InChI is InChI=1S/C17H22N2O4/c1-2-16(20)18-6-8-19(9-7-18)17(21)13-4-5-14-15(12-13)23-11-3-10-22-14/h4-5,12H,2-3,6-11H2,1H3. The van der Waals surface area contributed by atoms with Gasteiger partial charge >= 0.3 is 0 Å². The molecular formula is C17H22N2O4. The number of benzene rings is 1. The van der Waals surface area contributed by atoms with Crippen LogP contribution in [-0.4, -0.2) is 61.0 Å². The number of hydrogen-bond donors (Lipinski definition) is 0. The number of carbonyl (C=O) groups excluding carboxylic acids is 2. The van der Waals surface area contributed by atoms with Crippen molar-refractivity contribution in [2.24, 2.45) is 0 Å². The summed E-state index contributed by atoms with van der Waals surface area (Å²) in [5, 5.41) is 0. The van der Waals surface area contributed by atoms with E-state index in [1.807, 2.05) is 11.8 Å². The Bertz CT molecular complexity index is 594. The van der Waals surface area contributed by atoms with Crippen LogP contribution in [0.1, 0.15) is 30.1 Å². The molecular weight excluding hydrogens is 296 g/mol. The average Bonchev–Trinajstić information content (AvgIpc) is 2.85. The average molecular weight is 318 g/mol. The molecule has 0 spiro atoms. The zero-order chi connectivity index (χ0) is 16.2. The molecule has 2 amide bonds. The second-order valence-electron chi connectivity index (χ2n) is 5.74. The third kappa shape index (κ3) is 3.41. The molecule has 0 radical (unpaired) electrons. The Balaban J connectivity index is 1.67. The molecule has 0 aromatic heterocycles. The molecule has 6 heteroatoms. The molecule has 1 saturated heterocycles. The number of amides is 2. The van der Waals surface area contributed by atoms with Gasteiger partial charge in [0.15, 0.2) is 11.5 Å². The maximum absolute atomic E-state index is 12.6. The number of carbonyl (C=O) groups is 2. The molecule has 2 heterocycles. The van der Waals surface area contributed by atoms with E-state index in [9.17, 15) is 9.59 Å². The molecule has 0 unspecified atom stereocenters. The highest BCUT2D eigenvalue weighted by Gasteiger charge is 2.25. The molecule has 1 fully saturated rings. The lowest BCUT2D eigenvalue weighted by atomic mass is 10.1. The quantitative estimate of drug-likeness (QED) is 0.830. The van der Waals surface area contributed by atoms with Crippen molar-refractivity contribution in [3.63, 3.8) is 0 Å². The second kappa shape index (κ2) is 6.89. The van der Waals surface area contributed by atoms with Crippen LogP contribution >= 0.6 is 0 Å². The van der Waals surface area contributed by atoms with Crippen LogP contribution in [0.2, 0.25) is 0 Å². The predicted molar refractivity (Wildman–Crippen MR) is 84.8 cm³/mol. The Hall–Kier alpha value is -2.24. The van der Waals surface area contributed by atoms with Gasteiger partial charge in [0.1, 0.15) is 0 Å². The van der Waals surface area contributed by atoms with Gasteiger partial charge in [0.05, 0.1) is 13.2 Å². The third-order valence-corrected chi connectivity index (χ3v) is 4.22. The number of hydrogen-bond acceptors (Lipinski definition) is 4. The largest absolute Gasteiger partial charge is 0.490 e. The Morgan fingerprint density at radius 3 is 2.35 bits per heavy atom. The Morgan fingerprint density at radius 1 is 1.00 bits per heavy atom. The van der Waals surface area contributed by atoms with Crippen molar-refractivity contribution in [3.8, 4) is 11.5 Å². The van der Waals surface area contributed by atoms with E-state index in [1.54, 1.807) is 23.1 Å². The number of fused-ring (bicyclic) bond motifs is 1. The van der Waals surface area contributed by atoms with Gasteiger partial charge in [0, 0.05) is 44.6 Å². The first-order chi connectivity index (χ1) is 11.2. The number of nitrogens with zero attached hydrogens (tertiary/aromatic N) is 2. The van der Waals surface area contributed by atoms with Gasteiger partial charge < -0.3 is 19.3 Å². The van der Waals surface area contributed by atoms with Crippen molar-refractivity contribution >= 4 is 11.8 Å². The van der Waals surface area contributed by atoms with Crippen LogP contribution in [0.15, 0.2) is 18.2 Å². The minimum Gasteiger partial charge on any atom is -0.490 e. The lowest BCUT2D eigenvalue weighted by molar-refractivity contribution is -0.132. The minimum absolute atomic E-state index is 0.0238. The fraction of sp³-hybridized carbons (Fsp3) is 0.529. The van der Waals surface area contributed by atoms with Crippen molar-refractivity contribution < 1.29 is 19.1 Å². The minimum atomic E-state index is -0.0238. The van der Waals surface area contributed by atoms with Crippen LogP contribution in [0, 0.1) is 0 Å². The lowest BCUT2D eigenvalue weighted by Gasteiger charge is -2.34. The Labute approximate surface area is 136 Å². The maximum atomic E-state index is 12.6. The summed E-state index contributed by atoms with van der Waals surface area (Å²) < 4.78 is 11.2. The molecule has 23 heavy (non-hydrogen) atoms. The van der Waals surface area contributed by atoms with Crippen LogP contribution in [0.4, 0.5) is 0 Å². The summed E-state index contributed by atoms with van der Waals surface area (Å²) in [5.41, 5.74) is 0.601. The van der Waals surface area contributed by atoms with Crippen LogP contribution in [-0.2, 0) is 4.79 Å². The lowest BCUT2D eigenvalue weighted by Crippen LogP contribution is -2.50. The van der Waals surface area contributed by atoms with Crippen LogP contribution < -0.4 is 9.47 Å². The van der Waals surface area contributed by atoms with Gasteiger partial charge in [-0.2, -0.15) is 0 Å². The Morgan fingerprint density at radius 2 is 1.65 bits per heavy atom. The zero-order valence-corrected chi connectivity index (χ0v) is 13.4. The van der Waals surface area contributed by atoms with Crippen molar-refractivity contribution in [2.45, 2.75) is 19.8 Å². The summed E-state index contributed by atoms with van der Waals surface area (Å²) in [5.74, 6) is 1.45. The molecule has 0 atom stereocenters. The van der Waals surface area contributed by atoms with Crippen LogP contribution in [0.25, 0.3) is 0 Å². The summed E-state index contributed by atoms with van der Waals surface area (Å²) in [6.45, 7) is 5.43. The molecule has 0 aliphatic carbocycles. The van der Waals surface area contributed by atoms with Gasteiger partial charge in [-0.05, 0) is 18.2 Å². The van der Waals surface area contributed by atoms with Crippen LogP contribution in [0.3, 0.4) is 0 Å². The van der Waals surface area contributed by atoms with Gasteiger partial charge in [0.25, 0.3) is 5.91 Å². The highest BCUT2D eigenvalue weighted by atomic mass is 16.5. The summed E-state index contributed by atoms with van der Waals surface area (Å²) in [6, 6.07) is 5.33. The van der Waals surface area contributed by atoms with Crippen molar-refractivity contribution in [3.05, 3.63) is 23.8 Å². The summed E-state index contributed by atoms with van der Waals surface area (Å²) in [4.78, 5) is 27.9. The molecule has 2 aliphatic rings. The van der Waals surface area contributed by atoms with Gasteiger partial charge in [-0.3, -0.25) is 9.59 Å². The van der Waals surface area contributed by atoms with E-state index in [1.165, 1.54) is 0 Å². The van der Waals surface area contributed by atoms with E-state index < -0.39 is 0 Å². The first-order valence-electron chi connectivity index (χ1n) is 8.15. The van der Waals surface area contributed by atoms with E-state index in [-0.39, 0.29) is 11.8 Å². The monoisotopic (exact) mass is 318 g/mol. The fourth-order valence-electron chi connectivity index (χ4n) is 2.86. The first kappa shape index (κ1) is 15.6. The van der Waals surface area contributed by atoms with Crippen molar-refractivity contribution in [2.75, 3.05) is 39.4 Å². The van der Waals surface area contributed by atoms with Gasteiger partial charge in [0.2, 0.25) is 5.91 Å². The molecule has 0 saturated carbocycles. The molecule has 0 N–H and O–H groups in total. The molecule has 124 valence electrons. The molecule has 2 aliphatic heterocycles. The zero-order valence-electron chi connectivity index (χ0n) is 13.4. The summed E-state index contributed by atoms with van der Waals surface area (Å²) in [6.07, 6.45) is 1.35. The fourth-order valence-corrected chi connectivity index (χ4v) is 2.86. The number of piperazine rings is 1. The molecule has 1 aromatic carbocycles. The second-order valence-corrected chi connectivity index (χ2v) is 5.74. The number of rotatable bonds is 2. The highest BCUT2D eigenvalue weighted by molar-refractivity contribution is 5.95. The van der Waals surface area contributed by atoms with E-state index in [2.05, 4.69) is 0 Å². The third-order valence-electron chi connectivity index (χ3n) is 4.22. The number of ether oxygens (including phenoxy) is 2. The molecule has 1 aromatic rings. The van der Waals surface area contributed by atoms with Gasteiger partial charge in [-0.25, -0.2) is 0 Å². The maximum Gasteiger partial charge on any atom is 0.254 e. The van der Waals surface area contributed by atoms with E-state index in [0.29, 0.717) is 62.9 Å². The first-order valence-corrected chi connectivity index (χ1v) is 8.15. The molecule has 6 nitrogen and oxygen atoms in total. The molecule has 0 bridgehead atoms. The van der Waals surface area contributed by atoms with E-state index in [4.69, 9.17) is 9.47 Å². The molecule has 3 rings (SSSR count). The predicted octanol–water partition coefficient (Wildman–Crippen LogP) is 1.54.